The Kier molecular flexibility index (Phi) is 2.35. The molecule has 0 spiro atoms. The molecule has 3 rings (SSSR count). The highest BCUT2D eigenvalue weighted by Crippen LogP contribution is 2.34. The highest BCUT2D eigenvalue weighted by molar-refractivity contribution is 7.92. The average molecular weight is 271 g/mol. The van der Waals surface area contributed by atoms with Gasteiger partial charge in [0.25, 0.3) is 5.91 Å². The van der Waals surface area contributed by atoms with Crippen LogP contribution in [0.2, 0.25) is 0 Å². The van der Waals surface area contributed by atoms with Crippen molar-refractivity contribution in [2.45, 2.75) is 24.6 Å². The van der Waals surface area contributed by atoms with Crippen LogP contribution in [0.5, 0.6) is 0 Å². The van der Waals surface area contributed by atoms with Crippen LogP contribution in [0.4, 0.5) is 0 Å². The molecule has 2 fully saturated rings. The maximum Gasteiger partial charge on any atom is 0.264 e. The Morgan fingerprint density at radius 3 is 2.76 bits per heavy atom. The van der Waals surface area contributed by atoms with Crippen molar-refractivity contribution in [3.8, 4) is 0 Å². The lowest BCUT2D eigenvalue weighted by molar-refractivity contribution is 0.0750. The summed E-state index contributed by atoms with van der Waals surface area (Å²) < 4.78 is 23.2. The number of hydrogen-bond acceptors (Lipinski definition) is 4. The van der Waals surface area contributed by atoms with Gasteiger partial charge in [0.05, 0.1) is 15.9 Å². The van der Waals surface area contributed by atoms with E-state index in [1.165, 1.54) is 11.3 Å². The number of carbonyl (C=O) groups is 1. The van der Waals surface area contributed by atoms with E-state index >= 15 is 0 Å². The second kappa shape index (κ2) is 3.55. The predicted molar refractivity (Wildman–Crippen MR) is 66.1 cm³/mol. The zero-order chi connectivity index (χ0) is 12.2. The van der Waals surface area contributed by atoms with E-state index in [2.05, 4.69) is 0 Å². The van der Waals surface area contributed by atoms with Crippen LogP contribution >= 0.6 is 11.3 Å². The van der Waals surface area contributed by atoms with Gasteiger partial charge in [-0.25, -0.2) is 8.42 Å². The third-order valence-electron chi connectivity index (χ3n) is 3.63. The minimum absolute atomic E-state index is 0.0000926. The second-order valence-corrected chi connectivity index (χ2v) is 7.97. The summed E-state index contributed by atoms with van der Waals surface area (Å²) in [4.78, 5) is 14.8. The monoisotopic (exact) mass is 271 g/mol. The maximum absolute atomic E-state index is 12.3. The third-order valence-corrected chi connectivity index (χ3v) is 6.84. The number of amides is 1. The molecule has 2 aliphatic heterocycles. The van der Waals surface area contributed by atoms with Gasteiger partial charge in [0.1, 0.15) is 0 Å². The van der Waals surface area contributed by atoms with Gasteiger partial charge in [0.2, 0.25) is 0 Å². The number of carbonyl (C=O) groups excluding carboxylic acids is 1. The Bertz CT molecular complexity index is 575. The number of likely N-dealkylation sites (tertiary alicyclic amines) is 1. The Morgan fingerprint density at radius 2 is 2.29 bits per heavy atom. The van der Waals surface area contributed by atoms with Crippen LogP contribution in [0.1, 0.15) is 21.7 Å². The fourth-order valence-electron chi connectivity index (χ4n) is 2.67. The molecule has 1 aromatic rings. The standard InChI is InChI=1S/C11H13NO3S2/c1-7-2-3-16-10(7)11(13)12-5-9-4-8(12)6-17(9,14)15/h2-3,8-9H,4-6H2,1H3/t8-,9+/m0/s1. The summed E-state index contributed by atoms with van der Waals surface area (Å²) in [6.07, 6.45) is 0.624. The first-order valence-electron chi connectivity index (χ1n) is 5.55. The molecule has 0 unspecified atom stereocenters. The fourth-order valence-corrected chi connectivity index (χ4v) is 5.57. The van der Waals surface area contributed by atoms with E-state index in [9.17, 15) is 13.2 Å². The quantitative estimate of drug-likeness (QED) is 0.767. The highest BCUT2D eigenvalue weighted by Gasteiger charge is 2.50. The molecule has 4 nitrogen and oxygen atoms in total. The smallest absolute Gasteiger partial charge is 0.264 e. The molecule has 2 atom stereocenters. The van der Waals surface area contributed by atoms with Gasteiger partial charge in [0.15, 0.2) is 9.84 Å². The number of rotatable bonds is 1. The van der Waals surface area contributed by atoms with E-state index in [4.69, 9.17) is 0 Å². The molecule has 3 heterocycles. The number of sulfone groups is 1. The van der Waals surface area contributed by atoms with Gasteiger partial charge >= 0.3 is 0 Å². The van der Waals surface area contributed by atoms with Crippen LogP contribution < -0.4 is 0 Å². The topological polar surface area (TPSA) is 54.5 Å². The molecule has 1 amide bonds. The Hall–Kier alpha value is -0.880. The molecule has 1 aromatic heterocycles. The molecule has 0 N–H and O–H groups in total. The molecule has 0 aromatic carbocycles. The van der Waals surface area contributed by atoms with E-state index in [0.29, 0.717) is 13.0 Å². The predicted octanol–water partition coefficient (Wildman–Crippen LogP) is 1.07. The molecule has 6 heteroatoms. The number of thiophene rings is 1. The van der Waals surface area contributed by atoms with Gasteiger partial charge in [-0.3, -0.25) is 4.79 Å². The minimum Gasteiger partial charge on any atom is -0.333 e. The van der Waals surface area contributed by atoms with Crippen LogP contribution in [0, 0.1) is 6.92 Å². The number of fused-ring (bicyclic) bond motifs is 2. The first kappa shape index (κ1) is 11.2. The first-order valence-corrected chi connectivity index (χ1v) is 8.15. The summed E-state index contributed by atoms with van der Waals surface area (Å²) in [5.74, 6) is 0.147. The van der Waals surface area contributed by atoms with Gasteiger partial charge < -0.3 is 4.90 Å². The number of nitrogens with zero attached hydrogens (tertiary/aromatic N) is 1. The first-order chi connectivity index (χ1) is 7.99. The van der Waals surface area contributed by atoms with Crippen molar-refractivity contribution in [3.05, 3.63) is 21.9 Å². The van der Waals surface area contributed by atoms with Crippen LogP contribution in [-0.2, 0) is 9.84 Å². The van der Waals surface area contributed by atoms with E-state index in [0.717, 1.165) is 10.4 Å². The molecule has 2 saturated heterocycles. The zero-order valence-corrected chi connectivity index (χ0v) is 11.1. The lowest BCUT2D eigenvalue weighted by Gasteiger charge is -2.26. The molecule has 0 saturated carbocycles. The second-order valence-electron chi connectivity index (χ2n) is 4.73. The van der Waals surface area contributed by atoms with Gasteiger partial charge in [-0.15, -0.1) is 11.3 Å². The van der Waals surface area contributed by atoms with Crippen molar-refractivity contribution in [2.75, 3.05) is 12.3 Å². The summed E-state index contributed by atoms with van der Waals surface area (Å²) in [5.41, 5.74) is 0.977. The largest absolute Gasteiger partial charge is 0.333 e. The zero-order valence-electron chi connectivity index (χ0n) is 9.42. The molecule has 0 radical (unpaired) electrons. The maximum atomic E-state index is 12.3. The summed E-state index contributed by atoms with van der Waals surface area (Å²) in [5, 5.41) is 1.57. The van der Waals surface area contributed by atoms with Crippen LogP contribution in [0.15, 0.2) is 11.4 Å². The lowest BCUT2D eigenvalue weighted by atomic mass is 10.2. The fraction of sp³-hybridized carbons (Fsp3) is 0.545. The Morgan fingerprint density at radius 1 is 1.53 bits per heavy atom. The van der Waals surface area contributed by atoms with Crippen molar-refractivity contribution < 1.29 is 13.2 Å². The molecular formula is C11H13NO3S2. The molecule has 92 valence electrons. The molecule has 17 heavy (non-hydrogen) atoms. The van der Waals surface area contributed by atoms with Crippen molar-refractivity contribution in [2.24, 2.45) is 0 Å². The SMILES string of the molecule is Cc1ccsc1C(=O)N1C[C@H]2C[C@H]1CS2(=O)=O. The Balaban J connectivity index is 1.86. The minimum atomic E-state index is -2.92. The summed E-state index contributed by atoms with van der Waals surface area (Å²) in [7, 11) is -2.92. The van der Waals surface area contributed by atoms with Gasteiger partial charge in [-0.2, -0.15) is 0 Å². The van der Waals surface area contributed by atoms with Gasteiger partial charge in [-0.1, -0.05) is 0 Å². The molecule has 2 bridgehead atoms. The molecule has 2 aliphatic rings. The third kappa shape index (κ3) is 1.62. The average Bonchev–Trinajstić information content (AvgIpc) is 2.89. The van der Waals surface area contributed by atoms with E-state index in [1.807, 2.05) is 18.4 Å². The summed E-state index contributed by atoms with van der Waals surface area (Å²) in [6.45, 7) is 2.29. The van der Waals surface area contributed by atoms with Crippen LogP contribution in [-0.4, -0.2) is 42.8 Å². The van der Waals surface area contributed by atoms with E-state index in [1.54, 1.807) is 4.90 Å². The van der Waals surface area contributed by atoms with Crippen LogP contribution in [0.3, 0.4) is 0 Å². The van der Waals surface area contributed by atoms with Crippen LogP contribution in [0.25, 0.3) is 0 Å². The number of hydrogen-bond donors (Lipinski definition) is 0. The normalized spacial score (nSPS) is 29.8. The molecule has 0 aliphatic carbocycles. The highest BCUT2D eigenvalue weighted by atomic mass is 32.2. The molecular weight excluding hydrogens is 258 g/mol. The Labute approximate surface area is 104 Å². The van der Waals surface area contributed by atoms with Gasteiger partial charge in [0, 0.05) is 12.6 Å². The number of aryl methyl sites for hydroxylation is 1. The van der Waals surface area contributed by atoms with Crippen molar-refractivity contribution in [1.29, 1.82) is 0 Å². The van der Waals surface area contributed by atoms with Crippen molar-refractivity contribution >= 4 is 27.1 Å². The lowest BCUT2D eigenvalue weighted by Crippen LogP contribution is -2.44. The van der Waals surface area contributed by atoms with E-state index in [-0.39, 0.29) is 23.0 Å². The van der Waals surface area contributed by atoms with Crippen molar-refractivity contribution in [1.82, 2.24) is 4.90 Å². The summed E-state index contributed by atoms with van der Waals surface area (Å²) in [6, 6.07) is 1.82. The summed E-state index contributed by atoms with van der Waals surface area (Å²) >= 11 is 1.43. The van der Waals surface area contributed by atoms with E-state index < -0.39 is 9.84 Å². The van der Waals surface area contributed by atoms with Gasteiger partial charge in [-0.05, 0) is 30.4 Å². The van der Waals surface area contributed by atoms with Crippen molar-refractivity contribution in [3.63, 3.8) is 0 Å².